The molecule has 7 heteroatoms. The van der Waals surface area contributed by atoms with E-state index in [0.29, 0.717) is 5.75 Å². The number of hydrogen-bond acceptors (Lipinski definition) is 2. The highest BCUT2D eigenvalue weighted by Crippen LogP contribution is 2.39. The summed E-state index contributed by atoms with van der Waals surface area (Å²) in [7, 11) is 1.73. The van der Waals surface area contributed by atoms with Crippen LogP contribution in [0.4, 0.5) is 22.0 Å². The van der Waals surface area contributed by atoms with Gasteiger partial charge in [-0.05, 0) is 25.6 Å². The fourth-order valence-corrected chi connectivity index (χ4v) is 2.06. The molecule has 0 saturated heterocycles. The minimum Gasteiger partial charge on any atom is -0.308 e. The third-order valence-electron chi connectivity index (χ3n) is 2.06. The minimum absolute atomic E-state index is 0.111. The van der Waals surface area contributed by atoms with E-state index >= 15 is 0 Å². The van der Waals surface area contributed by atoms with Gasteiger partial charge in [0.25, 0.3) is 0 Å². The molecule has 0 aromatic heterocycles. The Kier molecular flexibility index (Phi) is 6.62. The Morgan fingerprint density at radius 3 is 2.12 bits per heavy atom. The molecule has 0 aromatic carbocycles. The molecule has 0 heterocycles. The van der Waals surface area contributed by atoms with E-state index in [1.165, 1.54) is 11.8 Å². The zero-order chi connectivity index (χ0) is 12.8. The molecule has 0 aromatic rings. The molecule has 16 heavy (non-hydrogen) atoms. The molecule has 1 nitrogen and oxygen atoms in total. The van der Waals surface area contributed by atoms with Gasteiger partial charge in [-0.15, -0.1) is 11.8 Å². The van der Waals surface area contributed by atoms with E-state index in [-0.39, 0.29) is 11.8 Å². The van der Waals surface area contributed by atoms with Crippen LogP contribution in [-0.4, -0.2) is 30.3 Å². The van der Waals surface area contributed by atoms with Crippen molar-refractivity contribution in [1.29, 1.82) is 0 Å². The van der Waals surface area contributed by atoms with Crippen LogP contribution in [0, 0.1) is 0 Å². The van der Waals surface area contributed by atoms with Crippen molar-refractivity contribution in [2.24, 2.45) is 0 Å². The van der Waals surface area contributed by atoms with Gasteiger partial charge in [-0.25, -0.2) is 0 Å². The van der Waals surface area contributed by atoms with E-state index in [9.17, 15) is 22.0 Å². The van der Waals surface area contributed by atoms with Crippen molar-refractivity contribution in [3.63, 3.8) is 0 Å². The largest absolute Gasteiger partial charge is 0.453 e. The summed E-state index contributed by atoms with van der Waals surface area (Å²) in [5.41, 5.74) is 0. The second kappa shape index (κ2) is 6.64. The van der Waals surface area contributed by atoms with Crippen molar-refractivity contribution in [2.45, 2.75) is 43.7 Å². The Labute approximate surface area is 96.2 Å². The molecule has 1 atom stereocenters. The Hall–Kier alpha value is -0.0400. The molecule has 0 bridgehead atoms. The Balaban J connectivity index is 3.82. The molecular weight excluding hydrogens is 249 g/mol. The molecule has 0 aliphatic carbocycles. The first-order valence-electron chi connectivity index (χ1n) is 4.98. The number of hydrogen-bond donors (Lipinski definition) is 1. The van der Waals surface area contributed by atoms with E-state index in [0.717, 1.165) is 6.42 Å². The van der Waals surface area contributed by atoms with Gasteiger partial charge in [-0.3, -0.25) is 0 Å². The number of rotatable bonds is 7. The zero-order valence-electron chi connectivity index (χ0n) is 9.20. The molecule has 0 radical (unpaired) electrons. The molecule has 0 spiro atoms. The van der Waals surface area contributed by atoms with Crippen LogP contribution >= 0.6 is 11.8 Å². The highest BCUT2D eigenvalue weighted by molar-refractivity contribution is 7.99. The predicted molar refractivity (Wildman–Crippen MR) is 55.8 cm³/mol. The van der Waals surface area contributed by atoms with Gasteiger partial charge in [0, 0.05) is 6.42 Å². The smallest absolute Gasteiger partial charge is 0.308 e. The molecule has 0 amide bonds. The maximum absolute atomic E-state index is 12.5. The first-order chi connectivity index (χ1) is 7.24. The van der Waals surface area contributed by atoms with Gasteiger partial charge in [-0.2, -0.15) is 22.0 Å². The Morgan fingerprint density at radius 2 is 1.75 bits per heavy atom. The van der Waals surface area contributed by atoms with Crippen molar-refractivity contribution in [3.05, 3.63) is 0 Å². The van der Waals surface area contributed by atoms with Crippen LogP contribution in [0.2, 0.25) is 0 Å². The molecule has 0 fully saturated rings. The lowest BCUT2D eigenvalue weighted by Crippen LogP contribution is -2.36. The van der Waals surface area contributed by atoms with Crippen molar-refractivity contribution >= 4 is 11.8 Å². The number of alkyl halides is 5. The van der Waals surface area contributed by atoms with E-state index in [4.69, 9.17) is 0 Å². The first-order valence-corrected chi connectivity index (χ1v) is 6.03. The number of thioether (sulfide) groups is 1. The normalized spacial score (nSPS) is 15.2. The van der Waals surface area contributed by atoms with Gasteiger partial charge in [0.15, 0.2) is 0 Å². The van der Waals surface area contributed by atoms with Crippen molar-refractivity contribution in [2.75, 3.05) is 12.8 Å². The fourth-order valence-electron chi connectivity index (χ4n) is 1.07. The molecule has 1 N–H and O–H groups in total. The van der Waals surface area contributed by atoms with Gasteiger partial charge >= 0.3 is 12.1 Å². The predicted octanol–water partition coefficient (Wildman–Crippen LogP) is 3.65. The molecule has 0 aliphatic rings. The average molecular weight is 265 g/mol. The first kappa shape index (κ1) is 16.0. The lowest BCUT2D eigenvalue weighted by molar-refractivity contribution is -0.284. The quantitative estimate of drug-likeness (QED) is 0.428. The summed E-state index contributed by atoms with van der Waals surface area (Å²) in [5, 5.41) is 3.04. The third kappa shape index (κ3) is 5.34. The summed E-state index contributed by atoms with van der Waals surface area (Å²) in [4.78, 5) is 0. The standard InChI is InChI=1S/C9H16F5NS/c1-3-7(15-2)16-6-4-5-8(10,11)9(12,13)14/h7,15H,3-6H2,1-2H3. The second-order valence-electron chi connectivity index (χ2n) is 3.36. The fraction of sp³-hybridized carbons (Fsp3) is 1.00. The van der Waals surface area contributed by atoms with Gasteiger partial charge in [0.1, 0.15) is 0 Å². The third-order valence-corrected chi connectivity index (χ3v) is 3.56. The summed E-state index contributed by atoms with van der Waals surface area (Å²) in [5.74, 6) is -4.26. The molecule has 0 rings (SSSR count). The van der Waals surface area contributed by atoms with Crippen LogP contribution in [0.25, 0.3) is 0 Å². The van der Waals surface area contributed by atoms with Crippen LogP contribution in [0.3, 0.4) is 0 Å². The molecule has 98 valence electrons. The molecule has 1 unspecified atom stereocenters. The van der Waals surface area contributed by atoms with Crippen molar-refractivity contribution < 1.29 is 22.0 Å². The lowest BCUT2D eigenvalue weighted by Gasteiger charge is -2.19. The average Bonchev–Trinajstić information content (AvgIpc) is 2.16. The van der Waals surface area contributed by atoms with E-state index in [2.05, 4.69) is 5.32 Å². The summed E-state index contributed by atoms with van der Waals surface area (Å²) in [6.07, 6.45) is -5.90. The second-order valence-corrected chi connectivity index (χ2v) is 4.67. The summed E-state index contributed by atoms with van der Waals surface area (Å²) >= 11 is 1.36. The van der Waals surface area contributed by atoms with E-state index in [1.54, 1.807) is 7.05 Å². The highest BCUT2D eigenvalue weighted by atomic mass is 32.2. The van der Waals surface area contributed by atoms with E-state index < -0.39 is 18.5 Å². The molecule has 0 saturated carbocycles. The Bertz CT molecular complexity index is 191. The van der Waals surface area contributed by atoms with Crippen molar-refractivity contribution in [1.82, 2.24) is 5.32 Å². The highest BCUT2D eigenvalue weighted by Gasteiger charge is 2.56. The topological polar surface area (TPSA) is 12.0 Å². The number of halogens is 5. The van der Waals surface area contributed by atoms with Crippen molar-refractivity contribution in [3.8, 4) is 0 Å². The van der Waals surface area contributed by atoms with Gasteiger partial charge in [-0.1, -0.05) is 6.92 Å². The van der Waals surface area contributed by atoms with E-state index in [1.807, 2.05) is 6.92 Å². The van der Waals surface area contributed by atoms with Crippen LogP contribution in [0.1, 0.15) is 26.2 Å². The monoisotopic (exact) mass is 265 g/mol. The van der Waals surface area contributed by atoms with Crippen LogP contribution in [0.15, 0.2) is 0 Å². The molecule has 0 aliphatic heterocycles. The van der Waals surface area contributed by atoms with Gasteiger partial charge in [0.05, 0.1) is 5.37 Å². The SMILES string of the molecule is CCC(NC)SCCCC(F)(F)C(F)(F)F. The summed E-state index contributed by atoms with van der Waals surface area (Å²) in [6, 6.07) is 0. The number of nitrogens with one attached hydrogen (secondary N) is 1. The van der Waals surface area contributed by atoms with Crippen LogP contribution in [0.5, 0.6) is 0 Å². The minimum atomic E-state index is -5.43. The lowest BCUT2D eigenvalue weighted by atomic mass is 10.2. The summed E-state index contributed by atoms with van der Waals surface area (Å²) < 4.78 is 60.3. The van der Waals surface area contributed by atoms with Gasteiger partial charge < -0.3 is 5.32 Å². The maximum atomic E-state index is 12.5. The van der Waals surface area contributed by atoms with Crippen LogP contribution in [-0.2, 0) is 0 Å². The maximum Gasteiger partial charge on any atom is 0.453 e. The summed E-state index contributed by atoms with van der Waals surface area (Å²) in [6.45, 7) is 1.92. The zero-order valence-corrected chi connectivity index (χ0v) is 10.0. The van der Waals surface area contributed by atoms with Crippen LogP contribution < -0.4 is 5.32 Å². The Morgan fingerprint density at radius 1 is 1.19 bits per heavy atom. The van der Waals surface area contributed by atoms with Gasteiger partial charge in [0.2, 0.25) is 0 Å². The molecular formula is C9H16F5NS.